The Hall–Kier alpha value is -3.23. The number of aromatic nitrogens is 3. The third-order valence-corrected chi connectivity index (χ3v) is 7.09. The fraction of sp³-hybridized carbons (Fsp3) is 0.370. The van der Waals surface area contributed by atoms with Crippen molar-refractivity contribution in [3.8, 4) is 5.75 Å². The lowest BCUT2D eigenvalue weighted by Gasteiger charge is -2.25. The number of fused-ring (bicyclic) bond motifs is 1. The second-order valence-electron chi connectivity index (χ2n) is 8.98. The lowest BCUT2D eigenvalue weighted by Crippen LogP contribution is -2.37. The molecule has 0 bridgehead atoms. The molecule has 8 heteroatoms. The standard InChI is InChI=1S/C27H30N4O3S/c1-19-14-20(2)31-26(28-19)16-25(29-31)27(32)30(18-23-8-4-11-33-23)17-21-6-3-7-22(15-21)34-12-10-24-9-5-13-35-24/h3,5-7,9,13-16,23H,4,8,10-12,17-18H2,1-2H3. The van der Waals surface area contributed by atoms with Crippen LogP contribution in [-0.4, -0.2) is 51.3 Å². The molecule has 1 aliphatic heterocycles. The van der Waals surface area contributed by atoms with Crippen LogP contribution >= 0.6 is 11.3 Å². The van der Waals surface area contributed by atoms with Crippen LogP contribution in [0, 0.1) is 13.8 Å². The van der Waals surface area contributed by atoms with Gasteiger partial charge in [0.15, 0.2) is 11.3 Å². The summed E-state index contributed by atoms with van der Waals surface area (Å²) in [5.41, 5.74) is 3.95. The van der Waals surface area contributed by atoms with Crippen LogP contribution in [0.5, 0.6) is 5.75 Å². The molecule has 0 aliphatic carbocycles. The molecule has 0 spiro atoms. The maximum atomic E-state index is 13.6. The van der Waals surface area contributed by atoms with E-state index in [4.69, 9.17) is 9.47 Å². The minimum absolute atomic E-state index is 0.0447. The minimum atomic E-state index is -0.118. The van der Waals surface area contributed by atoms with Crippen molar-refractivity contribution in [2.45, 2.75) is 45.8 Å². The number of amides is 1. The zero-order valence-corrected chi connectivity index (χ0v) is 21.0. The smallest absolute Gasteiger partial charge is 0.274 e. The van der Waals surface area contributed by atoms with Gasteiger partial charge in [0.05, 0.1) is 12.7 Å². The Morgan fingerprint density at radius 3 is 2.94 bits per heavy atom. The number of hydrogen-bond acceptors (Lipinski definition) is 6. The summed E-state index contributed by atoms with van der Waals surface area (Å²) in [5, 5.41) is 6.65. The third-order valence-electron chi connectivity index (χ3n) is 6.16. The monoisotopic (exact) mass is 490 g/mol. The summed E-state index contributed by atoms with van der Waals surface area (Å²) < 4.78 is 13.6. The van der Waals surface area contributed by atoms with E-state index in [-0.39, 0.29) is 12.0 Å². The van der Waals surface area contributed by atoms with E-state index in [9.17, 15) is 4.79 Å². The van der Waals surface area contributed by atoms with Gasteiger partial charge in [0.25, 0.3) is 5.91 Å². The van der Waals surface area contributed by atoms with Crippen LogP contribution in [0.25, 0.3) is 5.65 Å². The van der Waals surface area contributed by atoms with Gasteiger partial charge in [-0.25, -0.2) is 9.50 Å². The number of nitrogens with zero attached hydrogens (tertiary/aromatic N) is 4. The number of benzene rings is 1. The summed E-state index contributed by atoms with van der Waals surface area (Å²) in [4.78, 5) is 21.3. The lowest BCUT2D eigenvalue weighted by atomic mass is 10.1. The highest BCUT2D eigenvalue weighted by Crippen LogP contribution is 2.21. The minimum Gasteiger partial charge on any atom is -0.493 e. The second-order valence-corrected chi connectivity index (χ2v) is 10.0. The van der Waals surface area contributed by atoms with E-state index >= 15 is 0 Å². The molecule has 3 aromatic heterocycles. The molecule has 1 aliphatic rings. The molecular weight excluding hydrogens is 460 g/mol. The lowest BCUT2D eigenvalue weighted by molar-refractivity contribution is 0.0502. The number of aryl methyl sites for hydroxylation is 2. The second kappa shape index (κ2) is 10.6. The number of thiophene rings is 1. The summed E-state index contributed by atoms with van der Waals surface area (Å²) in [7, 11) is 0. The first kappa shape index (κ1) is 23.5. The Bertz CT molecular complexity index is 1300. The molecule has 5 rings (SSSR count). The molecule has 1 amide bonds. The highest BCUT2D eigenvalue weighted by atomic mass is 32.1. The Morgan fingerprint density at radius 1 is 1.23 bits per heavy atom. The fourth-order valence-electron chi connectivity index (χ4n) is 4.49. The van der Waals surface area contributed by atoms with Crippen molar-refractivity contribution in [1.29, 1.82) is 0 Å². The van der Waals surface area contributed by atoms with Gasteiger partial charge in [-0.1, -0.05) is 18.2 Å². The largest absolute Gasteiger partial charge is 0.493 e. The SMILES string of the molecule is Cc1cc(C)n2nc(C(=O)N(Cc3cccc(OCCc4cccs4)c3)CC3CCCO3)cc2n1. The van der Waals surface area contributed by atoms with Crippen LogP contribution in [0.15, 0.2) is 53.9 Å². The van der Waals surface area contributed by atoms with Crippen molar-refractivity contribution in [1.82, 2.24) is 19.5 Å². The average molecular weight is 491 g/mol. The third kappa shape index (κ3) is 5.71. The van der Waals surface area contributed by atoms with Gasteiger partial charge in [0, 0.05) is 48.4 Å². The molecule has 1 unspecified atom stereocenters. The van der Waals surface area contributed by atoms with Gasteiger partial charge in [-0.3, -0.25) is 4.79 Å². The highest BCUT2D eigenvalue weighted by molar-refractivity contribution is 7.09. The Labute approximate surface area is 209 Å². The van der Waals surface area contributed by atoms with E-state index < -0.39 is 0 Å². The summed E-state index contributed by atoms with van der Waals surface area (Å²) in [6, 6.07) is 15.9. The van der Waals surface area contributed by atoms with Crippen LogP contribution in [0.2, 0.25) is 0 Å². The first-order valence-electron chi connectivity index (χ1n) is 12.0. The number of hydrogen-bond donors (Lipinski definition) is 0. The van der Waals surface area contributed by atoms with Gasteiger partial charge in [-0.2, -0.15) is 5.10 Å². The molecule has 1 aromatic carbocycles. The summed E-state index contributed by atoms with van der Waals surface area (Å²) in [5.74, 6) is 0.693. The van der Waals surface area contributed by atoms with Crippen molar-refractivity contribution >= 4 is 22.9 Å². The molecule has 7 nitrogen and oxygen atoms in total. The van der Waals surface area contributed by atoms with Gasteiger partial charge in [-0.15, -0.1) is 11.3 Å². The molecule has 0 saturated carbocycles. The number of rotatable bonds is 9. The topological polar surface area (TPSA) is 69.0 Å². The van der Waals surface area contributed by atoms with Gasteiger partial charge < -0.3 is 14.4 Å². The quantitative estimate of drug-likeness (QED) is 0.335. The zero-order chi connectivity index (χ0) is 24.2. The number of ether oxygens (including phenoxy) is 2. The van der Waals surface area contributed by atoms with E-state index in [1.165, 1.54) is 4.88 Å². The number of carbonyl (C=O) groups is 1. The van der Waals surface area contributed by atoms with Gasteiger partial charge in [0.1, 0.15) is 5.75 Å². The van der Waals surface area contributed by atoms with Crippen molar-refractivity contribution in [2.75, 3.05) is 19.8 Å². The predicted molar refractivity (Wildman–Crippen MR) is 136 cm³/mol. The van der Waals surface area contributed by atoms with E-state index in [0.29, 0.717) is 31.0 Å². The first-order chi connectivity index (χ1) is 17.0. The van der Waals surface area contributed by atoms with Crippen LogP contribution in [-0.2, 0) is 17.7 Å². The summed E-state index contributed by atoms with van der Waals surface area (Å²) in [6.45, 7) is 6.27. The Balaban J connectivity index is 1.33. The number of carbonyl (C=O) groups excluding carboxylic acids is 1. The van der Waals surface area contributed by atoms with E-state index in [0.717, 1.165) is 48.6 Å². The van der Waals surface area contributed by atoms with Crippen LogP contribution in [0.1, 0.15) is 45.2 Å². The van der Waals surface area contributed by atoms with E-state index in [1.54, 1.807) is 21.9 Å². The maximum absolute atomic E-state index is 13.6. The molecule has 182 valence electrons. The van der Waals surface area contributed by atoms with Crippen LogP contribution in [0.4, 0.5) is 0 Å². The maximum Gasteiger partial charge on any atom is 0.274 e. The van der Waals surface area contributed by atoms with Gasteiger partial charge >= 0.3 is 0 Å². The van der Waals surface area contributed by atoms with Crippen molar-refractivity contribution in [2.24, 2.45) is 0 Å². The Morgan fingerprint density at radius 2 is 2.14 bits per heavy atom. The molecular formula is C27H30N4O3S. The molecule has 1 fully saturated rings. The average Bonchev–Trinajstić information content (AvgIpc) is 3.61. The van der Waals surface area contributed by atoms with Crippen LogP contribution < -0.4 is 4.74 Å². The molecule has 1 atom stereocenters. The molecule has 4 aromatic rings. The molecule has 35 heavy (non-hydrogen) atoms. The molecule has 0 N–H and O–H groups in total. The molecule has 1 saturated heterocycles. The van der Waals surface area contributed by atoms with E-state index in [2.05, 4.69) is 27.6 Å². The predicted octanol–water partition coefficient (Wildman–Crippen LogP) is 4.85. The summed E-state index contributed by atoms with van der Waals surface area (Å²) >= 11 is 1.74. The van der Waals surface area contributed by atoms with Gasteiger partial charge in [0.2, 0.25) is 0 Å². The van der Waals surface area contributed by atoms with Crippen LogP contribution in [0.3, 0.4) is 0 Å². The first-order valence-corrected chi connectivity index (χ1v) is 12.9. The zero-order valence-electron chi connectivity index (χ0n) is 20.1. The van der Waals surface area contributed by atoms with Crippen molar-refractivity contribution in [3.63, 3.8) is 0 Å². The van der Waals surface area contributed by atoms with Crippen molar-refractivity contribution in [3.05, 3.63) is 81.4 Å². The summed E-state index contributed by atoms with van der Waals surface area (Å²) in [6.07, 6.45) is 2.91. The molecule has 4 heterocycles. The normalized spacial score (nSPS) is 15.5. The highest BCUT2D eigenvalue weighted by Gasteiger charge is 2.26. The fourth-order valence-corrected chi connectivity index (χ4v) is 5.18. The van der Waals surface area contributed by atoms with Gasteiger partial charge in [-0.05, 0) is 61.9 Å². The van der Waals surface area contributed by atoms with Crippen molar-refractivity contribution < 1.29 is 14.3 Å². The Kier molecular flexibility index (Phi) is 7.11. The van der Waals surface area contributed by atoms with E-state index in [1.807, 2.05) is 49.1 Å². The molecule has 0 radical (unpaired) electrons.